The summed E-state index contributed by atoms with van der Waals surface area (Å²) in [6.45, 7) is 7.09. The van der Waals surface area contributed by atoms with Gasteiger partial charge in [-0.3, -0.25) is 4.79 Å². The number of nitrogens with one attached hydrogen (secondary N) is 2. The van der Waals surface area contributed by atoms with Crippen LogP contribution in [0.4, 0.5) is 5.69 Å². The highest BCUT2D eigenvalue weighted by atomic mass is 79.9. The van der Waals surface area contributed by atoms with E-state index < -0.39 is 0 Å². The molecule has 0 heterocycles. The van der Waals surface area contributed by atoms with Crippen LogP contribution in [-0.4, -0.2) is 18.5 Å². The van der Waals surface area contributed by atoms with Crippen molar-refractivity contribution in [2.24, 2.45) is 0 Å². The minimum absolute atomic E-state index is 0.0676. The highest BCUT2D eigenvalue weighted by Gasteiger charge is 2.03. The van der Waals surface area contributed by atoms with E-state index in [-0.39, 0.29) is 5.91 Å². The lowest BCUT2D eigenvalue weighted by Crippen LogP contribution is -2.24. The molecule has 100 valence electrons. The molecule has 0 aliphatic carbocycles. The van der Waals surface area contributed by atoms with Crippen molar-refractivity contribution < 1.29 is 4.79 Å². The van der Waals surface area contributed by atoms with Crippen LogP contribution in [-0.2, 0) is 4.79 Å². The molecule has 0 aliphatic rings. The molecular weight excluding hydrogens is 292 g/mol. The van der Waals surface area contributed by atoms with Crippen molar-refractivity contribution >= 4 is 27.5 Å². The number of hydrogen-bond donors (Lipinski definition) is 2. The molecule has 18 heavy (non-hydrogen) atoms. The Morgan fingerprint density at radius 2 is 2.06 bits per heavy atom. The summed E-state index contributed by atoms with van der Waals surface area (Å²) >= 11 is 3.42. The van der Waals surface area contributed by atoms with Crippen molar-refractivity contribution in [2.45, 2.75) is 39.7 Å². The second-order valence-electron chi connectivity index (χ2n) is 4.78. The van der Waals surface area contributed by atoms with E-state index in [1.807, 2.05) is 25.1 Å². The Bertz CT molecular complexity index is 385. The third-order valence-corrected chi connectivity index (χ3v) is 2.92. The summed E-state index contributed by atoms with van der Waals surface area (Å²) in [6, 6.07) is 6.37. The first-order valence-corrected chi connectivity index (χ1v) is 7.07. The lowest BCUT2D eigenvalue weighted by molar-refractivity contribution is -0.116. The number of hydrogen-bond acceptors (Lipinski definition) is 2. The predicted octanol–water partition coefficient (Wildman–Crippen LogP) is 3.47. The molecule has 0 spiro atoms. The van der Waals surface area contributed by atoms with Crippen molar-refractivity contribution in [1.29, 1.82) is 0 Å². The second-order valence-corrected chi connectivity index (χ2v) is 5.69. The summed E-state index contributed by atoms with van der Waals surface area (Å²) in [5.41, 5.74) is 1.98. The fourth-order valence-electron chi connectivity index (χ4n) is 1.67. The first kappa shape index (κ1) is 15.2. The normalized spacial score (nSPS) is 10.7. The van der Waals surface area contributed by atoms with Gasteiger partial charge in [-0.1, -0.05) is 29.8 Å². The third kappa shape index (κ3) is 6.17. The molecule has 0 fully saturated rings. The highest BCUT2D eigenvalue weighted by molar-refractivity contribution is 9.10. The third-order valence-electron chi connectivity index (χ3n) is 2.46. The van der Waals surface area contributed by atoms with Crippen LogP contribution in [0.5, 0.6) is 0 Å². The minimum atomic E-state index is 0.0676. The summed E-state index contributed by atoms with van der Waals surface area (Å²) < 4.78 is 0.985. The van der Waals surface area contributed by atoms with E-state index in [0.717, 1.165) is 28.7 Å². The maximum Gasteiger partial charge on any atom is 0.224 e. The second kappa shape index (κ2) is 7.54. The topological polar surface area (TPSA) is 41.1 Å². The largest absolute Gasteiger partial charge is 0.326 e. The quantitative estimate of drug-likeness (QED) is 0.790. The van der Waals surface area contributed by atoms with Crippen molar-refractivity contribution in [3.63, 3.8) is 0 Å². The number of carbonyl (C=O) groups is 1. The summed E-state index contributed by atoms with van der Waals surface area (Å²) in [7, 11) is 0. The molecule has 0 bridgehead atoms. The van der Waals surface area contributed by atoms with Crippen LogP contribution in [0, 0.1) is 6.92 Å². The van der Waals surface area contributed by atoms with Gasteiger partial charge in [-0.15, -0.1) is 0 Å². The molecule has 4 heteroatoms. The van der Waals surface area contributed by atoms with E-state index in [0.29, 0.717) is 12.5 Å². The molecule has 0 radical (unpaired) electrons. The number of rotatable bonds is 6. The smallest absolute Gasteiger partial charge is 0.224 e. The molecule has 0 atom stereocenters. The van der Waals surface area contributed by atoms with E-state index in [1.54, 1.807) is 0 Å². The maximum absolute atomic E-state index is 11.7. The van der Waals surface area contributed by atoms with Crippen LogP contribution < -0.4 is 10.6 Å². The summed E-state index contributed by atoms with van der Waals surface area (Å²) in [4.78, 5) is 11.7. The Morgan fingerprint density at radius 3 is 2.67 bits per heavy atom. The van der Waals surface area contributed by atoms with Crippen LogP contribution >= 0.6 is 15.9 Å². The van der Waals surface area contributed by atoms with Gasteiger partial charge in [0.15, 0.2) is 0 Å². The summed E-state index contributed by atoms with van der Waals surface area (Å²) in [5.74, 6) is 0.0676. The molecule has 1 amide bonds. The van der Waals surface area contributed by atoms with E-state index in [4.69, 9.17) is 0 Å². The molecular formula is C14H21BrN2O. The molecule has 1 aromatic carbocycles. The standard InChI is InChI=1S/C14H21BrN2O/c1-10(2)16-6-4-5-14(18)17-13-8-11(3)7-12(15)9-13/h7-10,16H,4-6H2,1-3H3,(H,17,18). The maximum atomic E-state index is 11.7. The number of amides is 1. The Hall–Kier alpha value is -0.870. The monoisotopic (exact) mass is 312 g/mol. The van der Waals surface area contributed by atoms with Crippen LogP contribution in [0.1, 0.15) is 32.3 Å². The summed E-state index contributed by atoms with van der Waals surface area (Å²) in [5, 5.41) is 6.21. The van der Waals surface area contributed by atoms with Crippen molar-refractivity contribution in [1.82, 2.24) is 5.32 Å². The van der Waals surface area contributed by atoms with Gasteiger partial charge in [0.1, 0.15) is 0 Å². The predicted molar refractivity (Wildman–Crippen MR) is 79.9 cm³/mol. The molecule has 1 aromatic rings. The van der Waals surface area contributed by atoms with E-state index >= 15 is 0 Å². The first-order valence-electron chi connectivity index (χ1n) is 6.28. The molecule has 3 nitrogen and oxygen atoms in total. The number of carbonyl (C=O) groups excluding carboxylic acids is 1. The average Bonchev–Trinajstić information content (AvgIpc) is 2.22. The van der Waals surface area contributed by atoms with Gasteiger partial charge in [0.25, 0.3) is 0 Å². The zero-order valence-electron chi connectivity index (χ0n) is 11.2. The van der Waals surface area contributed by atoms with E-state index in [9.17, 15) is 4.79 Å². The molecule has 0 aromatic heterocycles. The van der Waals surface area contributed by atoms with Gasteiger partial charge in [-0.2, -0.15) is 0 Å². The van der Waals surface area contributed by atoms with Gasteiger partial charge in [0, 0.05) is 22.6 Å². The number of anilines is 1. The number of aryl methyl sites for hydroxylation is 1. The zero-order chi connectivity index (χ0) is 13.5. The van der Waals surface area contributed by atoms with Gasteiger partial charge < -0.3 is 10.6 Å². The lowest BCUT2D eigenvalue weighted by Gasteiger charge is -2.09. The van der Waals surface area contributed by atoms with Crippen LogP contribution in [0.15, 0.2) is 22.7 Å². The fourth-order valence-corrected chi connectivity index (χ4v) is 2.28. The molecule has 0 aliphatic heterocycles. The van der Waals surface area contributed by atoms with Crippen molar-refractivity contribution in [3.05, 3.63) is 28.2 Å². The summed E-state index contributed by atoms with van der Waals surface area (Å²) in [6.07, 6.45) is 1.41. The van der Waals surface area contributed by atoms with Crippen LogP contribution in [0.3, 0.4) is 0 Å². The van der Waals surface area contributed by atoms with Crippen molar-refractivity contribution in [2.75, 3.05) is 11.9 Å². The molecule has 2 N–H and O–H groups in total. The molecule has 0 unspecified atom stereocenters. The van der Waals surface area contributed by atoms with Crippen LogP contribution in [0.25, 0.3) is 0 Å². The Kier molecular flexibility index (Phi) is 6.36. The average molecular weight is 313 g/mol. The first-order chi connectivity index (χ1) is 8.47. The van der Waals surface area contributed by atoms with Crippen LogP contribution in [0.2, 0.25) is 0 Å². The highest BCUT2D eigenvalue weighted by Crippen LogP contribution is 2.19. The minimum Gasteiger partial charge on any atom is -0.326 e. The zero-order valence-corrected chi connectivity index (χ0v) is 12.8. The van der Waals surface area contributed by atoms with Gasteiger partial charge in [0.2, 0.25) is 5.91 Å². The Morgan fingerprint density at radius 1 is 1.33 bits per heavy atom. The fraction of sp³-hybridized carbons (Fsp3) is 0.500. The SMILES string of the molecule is Cc1cc(Br)cc(NC(=O)CCCNC(C)C)c1. The van der Waals surface area contributed by atoms with E-state index in [2.05, 4.69) is 40.4 Å². The molecule has 0 saturated heterocycles. The van der Waals surface area contributed by atoms with Crippen molar-refractivity contribution in [3.8, 4) is 0 Å². The number of benzene rings is 1. The lowest BCUT2D eigenvalue weighted by atomic mass is 10.2. The molecule has 1 rings (SSSR count). The Balaban J connectivity index is 2.35. The Labute approximate surface area is 117 Å². The molecule has 0 saturated carbocycles. The number of halogens is 1. The van der Waals surface area contributed by atoms with Gasteiger partial charge >= 0.3 is 0 Å². The van der Waals surface area contributed by atoms with Gasteiger partial charge in [0.05, 0.1) is 0 Å². The van der Waals surface area contributed by atoms with E-state index in [1.165, 1.54) is 0 Å². The van der Waals surface area contributed by atoms with Gasteiger partial charge in [-0.25, -0.2) is 0 Å². The van der Waals surface area contributed by atoms with Gasteiger partial charge in [-0.05, 0) is 43.7 Å².